The molecule has 1 unspecified atom stereocenters. The first-order valence-electron chi connectivity index (χ1n) is 5.26. The number of methoxy groups -OCH3 is 1. The summed E-state index contributed by atoms with van der Waals surface area (Å²) in [6.07, 6.45) is -5.10. The topological polar surface area (TPSA) is 53.7 Å². The minimum atomic E-state index is -4.74. The quantitative estimate of drug-likeness (QED) is 0.862. The number of rotatable bonds is 6. The number of alkyl halides is 3. The Hall–Kier alpha value is -0.990. The summed E-state index contributed by atoms with van der Waals surface area (Å²) < 4.78 is 50.5. The third-order valence-electron chi connectivity index (χ3n) is 2.05. The third kappa shape index (κ3) is 5.66. The summed E-state index contributed by atoms with van der Waals surface area (Å²) in [7, 11) is 1.50. The van der Waals surface area contributed by atoms with E-state index in [2.05, 4.69) is 20.7 Å². The van der Waals surface area contributed by atoms with Crippen LogP contribution in [0, 0.1) is 0 Å². The molecule has 0 fully saturated rings. The van der Waals surface area contributed by atoms with Crippen molar-refractivity contribution in [1.82, 2.24) is 0 Å². The number of hydrogen-bond donors (Lipinski definition) is 1. The fourth-order valence-corrected chi connectivity index (χ4v) is 1.73. The Labute approximate surface area is 116 Å². The number of benzene rings is 1. The first-order chi connectivity index (χ1) is 8.85. The molecule has 108 valence electrons. The van der Waals surface area contributed by atoms with Crippen LogP contribution in [0.4, 0.5) is 13.2 Å². The molecular weight excluding hydrogens is 331 g/mol. The standard InChI is InChI=1S/C11H13BrF3NO3/c1-17-6-8(5-16)18-7-2-3-10(9(12)4-7)19-11(13,14)15/h2-4,8H,5-6,16H2,1H3. The van der Waals surface area contributed by atoms with E-state index in [4.69, 9.17) is 15.2 Å². The molecule has 1 aromatic carbocycles. The number of ether oxygens (including phenoxy) is 3. The van der Waals surface area contributed by atoms with Crippen LogP contribution < -0.4 is 15.2 Å². The van der Waals surface area contributed by atoms with Crippen LogP contribution in [0.5, 0.6) is 11.5 Å². The first kappa shape index (κ1) is 16.1. The van der Waals surface area contributed by atoms with Gasteiger partial charge in [-0.2, -0.15) is 0 Å². The average Bonchev–Trinajstić information content (AvgIpc) is 2.30. The van der Waals surface area contributed by atoms with E-state index in [0.717, 1.165) is 6.07 Å². The van der Waals surface area contributed by atoms with Crippen molar-refractivity contribution in [2.75, 3.05) is 20.3 Å². The predicted molar refractivity (Wildman–Crippen MR) is 66.2 cm³/mol. The van der Waals surface area contributed by atoms with E-state index in [1.165, 1.54) is 19.2 Å². The molecule has 0 aliphatic rings. The molecule has 0 spiro atoms. The van der Waals surface area contributed by atoms with Crippen molar-refractivity contribution in [3.8, 4) is 11.5 Å². The van der Waals surface area contributed by atoms with Crippen molar-refractivity contribution in [3.05, 3.63) is 22.7 Å². The molecule has 1 atom stereocenters. The molecule has 1 rings (SSSR count). The number of halogens is 4. The lowest BCUT2D eigenvalue weighted by Gasteiger charge is -2.17. The minimum absolute atomic E-state index is 0.135. The summed E-state index contributed by atoms with van der Waals surface area (Å²) in [6, 6.07) is 3.90. The maximum atomic E-state index is 12.1. The van der Waals surface area contributed by atoms with Crippen LogP contribution in [-0.2, 0) is 4.74 Å². The molecule has 4 nitrogen and oxygen atoms in total. The van der Waals surface area contributed by atoms with Crippen LogP contribution in [0.25, 0.3) is 0 Å². The normalized spacial score (nSPS) is 13.2. The lowest BCUT2D eigenvalue weighted by molar-refractivity contribution is -0.274. The maximum absolute atomic E-state index is 12.1. The molecule has 0 saturated carbocycles. The second kappa shape index (κ2) is 6.97. The molecule has 0 aliphatic carbocycles. The van der Waals surface area contributed by atoms with Crippen molar-refractivity contribution in [3.63, 3.8) is 0 Å². The van der Waals surface area contributed by atoms with Gasteiger partial charge in [0.25, 0.3) is 0 Å². The van der Waals surface area contributed by atoms with Crippen LogP contribution in [0.3, 0.4) is 0 Å². The van der Waals surface area contributed by atoms with Crippen LogP contribution in [0.2, 0.25) is 0 Å². The van der Waals surface area contributed by atoms with Crippen molar-refractivity contribution >= 4 is 15.9 Å². The van der Waals surface area contributed by atoms with Crippen molar-refractivity contribution < 1.29 is 27.4 Å². The zero-order valence-corrected chi connectivity index (χ0v) is 11.6. The monoisotopic (exact) mass is 343 g/mol. The summed E-state index contributed by atoms with van der Waals surface area (Å²) in [4.78, 5) is 0. The summed E-state index contributed by atoms with van der Waals surface area (Å²) in [5, 5.41) is 0. The Kier molecular flexibility index (Phi) is 5.89. The molecular formula is C11H13BrF3NO3. The van der Waals surface area contributed by atoms with E-state index < -0.39 is 6.36 Å². The molecule has 0 bridgehead atoms. The van der Waals surface area contributed by atoms with Gasteiger partial charge in [-0.25, -0.2) is 0 Å². The highest BCUT2D eigenvalue weighted by atomic mass is 79.9. The Morgan fingerprint density at radius 1 is 1.37 bits per heavy atom. The largest absolute Gasteiger partial charge is 0.573 e. The highest BCUT2D eigenvalue weighted by molar-refractivity contribution is 9.10. The summed E-state index contributed by atoms with van der Waals surface area (Å²) in [5.74, 6) is 0.0322. The van der Waals surface area contributed by atoms with Gasteiger partial charge in [0.05, 0.1) is 11.1 Å². The van der Waals surface area contributed by atoms with Crippen LogP contribution in [0.1, 0.15) is 0 Å². The third-order valence-corrected chi connectivity index (χ3v) is 2.67. The van der Waals surface area contributed by atoms with Crippen LogP contribution in [0.15, 0.2) is 22.7 Å². The lowest BCUT2D eigenvalue weighted by atomic mass is 10.3. The molecule has 0 amide bonds. The molecule has 1 aromatic rings. The Morgan fingerprint density at radius 2 is 2.05 bits per heavy atom. The van der Waals surface area contributed by atoms with Gasteiger partial charge in [-0.15, -0.1) is 13.2 Å². The molecule has 0 saturated heterocycles. The van der Waals surface area contributed by atoms with Crippen molar-refractivity contribution in [1.29, 1.82) is 0 Å². The molecule has 0 heterocycles. The van der Waals surface area contributed by atoms with Gasteiger partial charge in [-0.05, 0) is 34.1 Å². The van der Waals surface area contributed by atoms with Gasteiger partial charge in [0.15, 0.2) is 0 Å². The molecule has 0 aromatic heterocycles. The van der Waals surface area contributed by atoms with Gasteiger partial charge in [-0.3, -0.25) is 0 Å². The smallest absolute Gasteiger partial charge is 0.487 e. The first-order valence-corrected chi connectivity index (χ1v) is 6.06. The zero-order valence-electron chi connectivity index (χ0n) is 10.0. The van der Waals surface area contributed by atoms with E-state index in [-0.39, 0.29) is 29.5 Å². The maximum Gasteiger partial charge on any atom is 0.573 e. The summed E-state index contributed by atoms with van der Waals surface area (Å²) in [6.45, 7) is 0.515. The Bertz CT molecular complexity index is 415. The van der Waals surface area contributed by atoms with E-state index >= 15 is 0 Å². The van der Waals surface area contributed by atoms with E-state index in [1.807, 2.05) is 0 Å². The average molecular weight is 344 g/mol. The van der Waals surface area contributed by atoms with Gasteiger partial charge < -0.3 is 19.9 Å². The Morgan fingerprint density at radius 3 is 2.53 bits per heavy atom. The van der Waals surface area contributed by atoms with Gasteiger partial charge >= 0.3 is 6.36 Å². The second-order valence-electron chi connectivity index (χ2n) is 3.57. The molecule has 19 heavy (non-hydrogen) atoms. The molecule has 2 N–H and O–H groups in total. The van der Waals surface area contributed by atoms with Gasteiger partial charge in [0.1, 0.15) is 17.6 Å². The fourth-order valence-electron chi connectivity index (χ4n) is 1.29. The molecule has 8 heteroatoms. The molecule has 0 radical (unpaired) electrons. The van der Waals surface area contributed by atoms with Gasteiger partial charge in [-0.1, -0.05) is 0 Å². The highest BCUT2D eigenvalue weighted by Gasteiger charge is 2.32. The van der Waals surface area contributed by atoms with Crippen LogP contribution >= 0.6 is 15.9 Å². The number of hydrogen-bond acceptors (Lipinski definition) is 4. The SMILES string of the molecule is COCC(CN)Oc1ccc(OC(F)(F)F)c(Br)c1. The lowest BCUT2D eigenvalue weighted by Crippen LogP contribution is -2.31. The second-order valence-corrected chi connectivity index (χ2v) is 4.43. The zero-order chi connectivity index (χ0) is 14.5. The van der Waals surface area contributed by atoms with Gasteiger partial charge in [0, 0.05) is 13.7 Å². The fraction of sp³-hybridized carbons (Fsp3) is 0.455. The minimum Gasteiger partial charge on any atom is -0.487 e. The van der Waals surface area contributed by atoms with Crippen molar-refractivity contribution in [2.24, 2.45) is 5.73 Å². The highest BCUT2D eigenvalue weighted by Crippen LogP contribution is 2.33. The van der Waals surface area contributed by atoms with Gasteiger partial charge in [0.2, 0.25) is 0 Å². The predicted octanol–water partition coefficient (Wildman–Crippen LogP) is 2.70. The summed E-state index contributed by atoms with van der Waals surface area (Å²) in [5.41, 5.74) is 5.47. The van der Waals surface area contributed by atoms with E-state index in [0.29, 0.717) is 5.75 Å². The molecule has 0 aliphatic heterocycles. The van der Waals surface area contributed by atoms with E-state index in [9.17, 15) is 13.2 Å². The van der Waals surface area contributed by atoms with Crippen LogP contribution in [-0.4, -0.2) is 32.7 Å². The number of nitrogens with two attached hydrogens (primary N) is 1. The Balaban J connectivity index is 2.76. The summed E-state index contributed by atoms with van der Waals surface area (Å²) >= 11 is 2.98. The van der Waals surface area contributed by atoms with E-state index in [1.54, 1.807) is 0 Å². The van der Waals surface area contributed by atoms with Crippen molar-refractivity contribution in [2.45, 2.75) is 12.5 Å².